The van der Waals surface area contributed by atoms with E-state index in [0.717, 1.165) is 5.69 Å². The molecule has 1 atom stereocenters. The predicted molar refractivity (Wildman–Crippen MR) is 130 cm³/mol. The van der Waals surface area contributed by atoms with E-state index in [-0.39, 0.29) is 11.4 Å². The van der Waals surface area contributed by atoms with Crippen molar-refractivity contribution in [2.45, 2.75) is 19.9 Å². The smallest absolute Gasteiger partial charge is 0.335 e. The summed E-state index contributed by atoms with van der Waals surface area (Å²) >= 11 is 5.66. The number of aryl methyl sites for hydroxylation is 1. The fraction of sp³-hybridized carbons (Fsp3) is 0.167. The van der Waals surface area contributed by atoms with Crippen molar-refractivity contribution < 1.29 is 24.0 Å². The van der Waals surface area contributed by atoms with Gasteiger partial charge in [0.05, 0.1) is 24.3 Å². The van der Waals surface area contributed by atoms with E-state index in [0.29, 0.717) is 33.5 Å². The molecule has 0 radical (unpaired) electrons. The molecule has 0 spiro atoms. The van der Waals surface area contributed by atoms with E-state index in [1.165, 1.54) is 12.1 Å². The molecule has 0 fully saturated rings. The zero-order valence-corrected chi connectivity index (χ0v) is 19.5. The minimum atomic E-state index is -1.03. The van der Waals surface area contributed by atoms with Gasteiger partial charge in [0, 0.05) is 17.5 Å². The Labute approximate surface area is 201 Å². The van der Waals surface area contributed by atoms with Gasteiger partial charge in [0.2, 0.25) is 0 Å². The fourth-order valence-electron chi connectivity index (χ4n) is 3.76. The number of carbonyl (C=O) groups is 2. The molecule has 34 heavy (non-hydrogen) atoms. The number of methoxy groups -OCH3 is 1. The van der Waals surface area contributed by atoms with Gasteiger partial charge in [-0.1, -0.05) is 17.3 Å². The Bertz CT molecular complexity index is 1280. The van der Waals surface area contributed by atoms with Crippen LogP contribution in [-0.2, 0) is 4.79 Å². The number of nitrogens with one attached hydrogen (secondary N) is 2. The van der Waals surface area contributed by atoms with Crippen molar-refractivity contribution in [3.63, 3.8) is 0 Å². The molecule has 1 amide bonds. The second-order valence-electron chi connectivity index (χ2n) is 7.62. The minimum absolute atomic E-state index is 0.145. The first-order valence-corrected chi connectivity index (χ1v) is 10.7. The van der Waals surface area contributed by atoms with Crippen molar-refractivity contribution in [2.24, 2.45) is 0 Å². The second kappa shape index (κ2) is 9.36. The van der Waals surface area contributed by atoms with Gasteiger partial charge in [0.25, 0.3) is 5.91 Å². The van der Waals surface area contributed by atoms with Crippen LogP contribution in [0.25, 0.3) is 0 Å². The SMILES string of the molecule is COc1ccc(N2C(=S)N[C@@H](c3ccc(C(=O)O)cc3)C(C(=O)Nc3cc(C)on3)=C2C)cc1. The summed E-state index contributed by atoms with van der Waals surface area (Å²) in [6.45, 7) is 3.53. The molecule has 1 aliphatic rings. The van der Waals surface area contributed by atoms with E-state index in [1.807, 2.05) is 12.1 Å². The molecule has 9 nitrogen and oxygen atoms in total. The van der Waals surface area contributed by atoms with Gasteiger partial charge in [-0.3, -0.25) is 9.69 Å². The summed E-state index contributed by atoms with van der Waals surface area (Å²) in [4.78, 5) is 26.5. The van der Waals surface area contributed by atoms with E-state index in [4.69, 9.17) is 21.5 Å². The van der Waals surface area contributed by atoms with Crippen molar-refractivity contribution in [1.29, 1.82) is 0 Å². The van der Waals surface area contributed by atoms with Crippen molar-refractivity contribution in [3.8, 4) is 5.75 Å². The maximum atomic E-state index is 13.5. The maximum absolute atomic E-state index is 13.5. The Hall–Kier alpha value is -4.18. The number of hydrogen-bond donors (Lipinski definition) is 3. The Kier molecular flexibility index (Phi) is 6.33. The van der Waals surface area contributed by atoms with Gasteiger partial charge in [-0.15, -0.1) is 0 Å². The fourth-order valence-corrected chi connectivity index (χ4v) is 4.12. The highest BCUT2D eigenvalue weighted by Crippen LogP contribution is 2.35. The number of allylic oxidation sites excluding steroid dienone is 1. The van der Waals surface area contributed by atoms with Crippen LogP contribution in [0.5, 0.6) is 5.75 Å². The quantitative estimate of drug-likeness (QED) is 0.451. The molecule has 3 N–H and O–H groups in total. The Morgan fingerprint density at radius 2 is 1.82 bits per heavy atom. The molecule has 0 saturated carbocycles. The maximum Gasteiger partial charge on any atom is 0.335 e. The zero-order chi connectivity index (χ0) is 24.4. The summed E-state index contributed by atoms with van der Waals surface area (Å²) in [5.41, 5.74) is 2.58. The van der Waals surface area contributed by atoms with Crippen LogP contribution >= 0.6 is 12.2 Å². The van der Waals surface area contributed by atoms with Gasteiger partial charge in [-0.25, -0.2) is 4.79 Å². The highest BCUT2D eigenvalue weighted by atomic mass is 32.1. The number of anilines is 2. The number of benzene rings is 2. The third kappa shape index (κ3) is 4.48. The van der Waals surface area contributed by atoms with Gasteiger partial charge in [-0.05, 0) is 68.0 Å². The molecular formula is C24H22N4O5S. The van der Waals surface area contributed by atoms with E-state index in [9.17, 15) is 14.7 Å². The largest absolute Gasteiger partial charge is 0.497 e. The molecule has 174 valence electrons. The van der Waals surface area contributed by atoms with Gasteiger partial charge in [0.1, 0.15) is 11.5 Å². The minimum Gasteiger partial charge on any atom is -0.497 e. The van der Waals surface area contributed by atoms with E-state index in [1.54, 1.807) is 56.2 Å². The number of nitrogens with zero attached hydrogens (tertiary/aromatic N) is 2. The number of rotatable bonds is 6. The number of amides is 1. The molecule has 4 rings (SSSR count). The number of aromatic nitrogens is 1. The van der Waals surface area contributed by atoms with Crippen molar-refractivity contribution in [3.05, 3.63) is 82.8 Å². The number of carboxylic acids is 1. The summed E-state index contributed by atoms with van der Waals surface area (Å²) in [5, 5.41) is 19.5. The Morgan fingerprint density at radius 3 is 2.38 bits per heavy atom. The summed E-state index contributed by atoms with van der Waals surface area (Å²) in [6, 6.07) is 14.6. The topological polar surface area (TPSA) is 117 Å². The van der Waals surface area contributed by atoms with E-state index >= 15 is 0 Å². The third-order valence-electron chi connectivity index (χ3n) is 5.42. The molecule has 2 heterocycles. The first kappa shape index (κ1) is 23.0. The molecule has 1 aromatic heterocycles. The van der Waals surface area contributed by atoms with Crippen molar-refractivity contribution in [1.82, 2.24) is 10.5 Å². The molecular weight excluding hydrogens is 456 g/mol. The highest BCUT2D eigenvalue weighted by molar-refractivity contribution is 7.80. The summed E-state index contributed by atoms with van der Waals surface area (Å²) in [7, 11) is 1.58. The standard InChI is InChI=1S/C24H22N4O5S/c1-13-12-19(27-33-13)25-22(29)20-14(2)28(17-8-10-18(32-3)11-9-17)24(34)26-21(20)15-4-6-16(7-5-15)23(30)31/h4-12,21H,1-3H3,(H,26,34)(H,30,31)(H,25,27,29)/t21-/m0/s1. The van der Waals surface area contributed by atoms with Gasteiger partial charge in [0.15, 0.2) is 10.9 Å². The lowest BCUT2D eigenvalue weighted by atomic mass is 9.93. The molecule has 0 aliphatic carbocycles. The lowest BCUT2D eigenvalue weighted by molar-refractivity contribution is -0.113. The molecule has 2 aromatic carbocycles. The van der Waals surface area contributed by atoms with E-state index < -0.39 is 17.9 Å². The van der Waals surface area contributed by atoms with Crippen LogP contribution in [0.4, 0.5) is 11.5 Å². The highest BCUT2D eigenvalue weighted by Gasteiger charge is 2.35. The molecule has 1 aliphatic heterocycles. The summed E-state index contributed by atoms with van der Waals surface area (Å²) in [5.74, 6) is 0.107. The average molecular weight is 479 g/mol. The molecule has 10 heteroatoms. The third-order valence-corrected chi connectivity index (χ3v) is 5.72. The van der Waals surface area contributed by atoms with Gasteiger partial charge < -0.3 is 25.0 Å². The number of aromatic carboxylic acids is 1. The molecule has 0 unspecified atom stereocenters. The number of thiocarbonyl (C=S) groups is 1. The number of carboxylic acid groups (broad SMARTS) is 1. The average Bonchev–Trinajstić information content (AvgIpc) is 3.23. The van der Waals surface area contributed by atoms with Crippen LogP contribution in [-0.4, -0.2) is 34.4 Å². The normalized spacial score (nSPS) is 15.7. The zero-order valence-electron chi connectivity index (χ0n) is 18.7. The van der Waals surface area contributed by atoms with Crippen molar-refractivity contribution in [2.75, 3.05) is 17.3 Å². The first-order valence-electron chi connectivity index (χ1n) is 10.3. The Morgan fingerprint density at radius 1 is 1.15 bits per heavy atom. The van der Waals surface area contributed by atoms with Crippen LogP contribution in [0.1, 0.15) is 34.6 Å². The van der Waals surface area contributed by atoms with Crippen LogP contribution < -0.4 is 20.3 Å². The van der Waals surface area contributed by atoms with Crippen LogP contribution in [0, 0.1) is 6.92 Å². The second-order valence-corrected chi connectivity index (χ2v) is 8.01. The number of ether oxygens (including phenoxy) is 1. The van der Waals surface area contributed by atoms with Crippen LogP contribution in [0.2, 0.25) is 0 Å². The number of hydrogen-bond acceptors (Lipinski definition) is 6. The molecule has 3 aromatic rings. The number of carbonyl (C=O) groups excluding carboxylic acids is 1. The molecule has 0 bridgehead atoms. The lowest BCUT2D eigenvalue weighted by Crippen LogP contribution is -2.48. The summed E-state index contributed by atoms with van der Waals surface area (Å²) < 4.78 is 10.3. The predicted octanol–water partition coefficient (Wildman–Crippen LogP) is 4.04. The van der Waals surface area contributed by atoms with Crippen molar-refractivity contribution >= 4 is 40.7 Å². The lowest BCUT2D eigenvalue weighted by Gasteiger charge is -2.38. The summed E-state index contributed by atoms with van der Waals surface area (Å²) in [6.07, 6.45) is 0. The van der Waals surface area contributed by atoms with Crippen LogP contribution in [0.3, 0.4) is 0 Å². The van der Waals surface area contributed by atoms with Gasteiger partial charge >= 0.3 is 5.97 Å². The Balaban J connectivity index is 1.78. The first-order chi connectivity index (χ1) is 16.3. The monoisotopic (exact) mass is 478 g/mol. The molecule has 0 saturated heterocycles. The van der Waals surface area contributed by atoms with Gasteiger partial charge in [-0.2, -0.15) is 0 Å². The van der Waals surface area contributed by atoms with Crippen LogP contribution in [0.15, 0.2) is 70.4 Å². The van der Waals surface area contributed by atoms with E-state index in [2.05, 4.69) is 15.8 Å².